The van der Waals surface area contributed by atoms with E-state index in [0.29, 0.717) is 18.6 Å². The third-order valence-corrected chi connectivity index (χ3v) is 3.74. The molecule has 0 aliphatic heterocycles. The van der Waals surface area contributed by atoms with Gasteiger partial charge in [0.05, 0.1) is 23.8 Å². The maximum absolute atomic E-state index is 9.36. The molecule has 5 heteroatoms. The van der Waals surface area contributed by atoms with Gasteiger partial charge in [-0.3, -0.25) is 0 Å². The Balaban J connectivity index is 2.97. The molecule has 0 amide bonds. The summed E-state index contributed by atoms with van der Waals surface area (Å²) < 4.78 is 5.12. The van der Waals surface area contributed by atoms with Gasteiger partial charge in [0.1, 0.15) is 0 Å². The van der Waals surface area contributed by atoms with Gasteiger partial charge in [-0.1, -0.05) is 25.2 Å². The molecule has 1 heterocycles. The molecule has 0 unspecified atom stereocenters. The second-order valence-corrected chi connectivity index (χ2v) is 6.16. The van der Waals surface area contributed by atoms with Crippen LogP contribution in [0.5, 0.6) is 0 Å². The van der Waals surface area contributed by atoms with E-state index < -0.39 is 0 Å². The Morgan fingerprint density at radius 1 is 1.33 bits per heavy atom. The minimum absolute atomic E-state index is 0.0317. The number of hydrogen-bond acceptors (Lipinski definition) is 5. The molecular weight excluding hydrogens is 248 g/mol. The van der Waals surface area contributed by atoms with Gasteiger partial charge < -0.3 is 14.7 Å². The lowest BCUT2D eigenvalue weighted by Gasteiger charge is -2.27. The molecule has 1 aromatic heterocycles. The molecule has 0 saturated heterocycles. The van der Waals surface area contributed by atoms with Crippen molar-refractivity contribution in [3.05, 3.63) is 10.6 Å². The van der Waals surface area contributed by atoms with Gasteiger partial charge >= 0.3 is 0 Å². The molecule has 0 atom stereocenters. The highest BCUT2D eigenvalue weighted by Gasteiger charge is 2.18. The van der Waals surface area contributed by atoms with Crippen LogP contribution in [-0.4, -0.2) is 29.8 Å². The summed E-state index contributed by atoms with van der Waals surface area (Å²) in [6.07, 6.45) is 0. The third-order valence-electron chi connectivity index (χ3n) is 2.62. The number of aliphatic hydroxyl groups excluding tert-OH is 1. The molecule has 0 aliphatic carbocycles. The molecule has 1 rings (SSSR count). The molecule has 18 heavy (non-hydrogen) atoms. The van der Waals surface area contributed by atoms with Crippen LogP contribution in [0.15, 0.2) is 0 Å². The summed E-state index contributed by atoms with van der Waals surface area (Å²) in [5.74, 6) is 0.583. The lowest BCUT2D eigenvalue weighted by molar-refractivity contribution is 0.179. The standard InChI is InChI=1S/C13H24N2O2S/c1-9(2)6-15(10(3)4)13-14-11(8-17-5)12(7-16)18-13/h9-10,16H,6-8H2,1-5H3. The van der Waals surface area contributed by atoms with Crippen molar-refractivity contribution in [1.82, 2.24) is 4.98 Å². The van der Waals surface area contributed by atoms with E-state index >= 15 is 0 Å². The van der Waals surface area contributed by atoms with Gasteiger partial charge in [0.2, 0.25) is 0 Å². The number of anilines is 1. The van der Waals surface area contributed by atoms with Gasteiger partial charge in [-0.05, 0) is 19.8 Å². The van der Waals surface area contributed by atoms with Crippen molar-refractivity contribution >= 4 is 16.5 Å². The van der Waals surface area contributed by atoms with Crippen LogP contribution >= 0.6 is 11.3 Å². The molecule has 1 N–H and O–H groups in total. The average molecular weight is 272 g/mol. The van der Waals surface area contributed by atoms with Crippen molar-refractivity contribution in [2.24, 2.45) is 5.92 Å². The number of aliphatic hydroxyl groups is 1. The molecule has 104 valence electrons. The van der Waals surface area contributed by atoms with Crippen LogP contribution < -0.4 is 4.90 Å². The smallest absolute Gasteiger partial charge is 0.186 e. The zero-order valence-electron chi connectivity index (χ0n) is 11.9. The Bertz CT molecular complexity index is 364. The van der Waals surface area contributed by atoms with Gasteiger partial charge in [0.15, 0.2) is 5.13 Å². The van der Waals surface area contributed by atoms with Gasteiger partial charge in [-0.15, -0.1) is 0 Å². The molecule has 0 bridgehead atoms. The lowest BCUT2D eigenvalue weighted by Crippen LogP contribution is -2.34. The third kappa shape index (κ3) is 3.93. The van der Waals surface area contributed by atoms with Crippen LogP contribution in [0.25, 0.3) is 0 Å². The highest BCUT2D eigenvalue weighted by molar-refractivity contribution is 7.15. The first-order valence-corrected chi connectivity index (χ1v) is 7.16. The zero-order valence-corrected chi connectivity index (χ0v) is 12.8. The Morgan fingerprint density at radius 3 is 2.44 bits per heavy atom. The largest absolute Gasteiger partial charge is 0.391 e. The van der Waals surface area contributed by atoms with Crippen molar-refractivity contribution in [3.8, 4) is 0 Å². The van der Waals surface area contributed by atoms with Crippen molar-refractivity contribution < 1.29 is 9.84 Å². The molecule has 0 saturated carbocycles. The van der Waals surface area contributed by atoms with Crippen LogP contribution in [-0.2, 0) is 18.0 Å². The van der Waals surface area contributed by atoms with E-state index in [9.17, 15) is 5.11 Å². The number of ether oxygens (including phenoxy) is 1. The summed E-state index contributed by atoms with van der Waals surface area (Å²) >= 11 is 1.56. The van der Waals surface area contributed by atoms with E-state index in [1.807, 2.05) is 0 Å². The molecule has 0 fully saturated rings. The van der Waals surface area contributed by atoms with E-state index in [4.69, 9.17) is 4.74 Å². The van der Waals surface area contributed by atoms with E-state index in [1.165, 1.54) is 0 Å². The average Bonchev–Trinajstić information content (AvgIpc) is 2.69. The Labute approximate surface area is 114 Å². The van der Waals surface area contributed by atoms with Crippen molar-refractivity contribution in [2.75, 3.05) is 18.6 Å². The zero-order chi connectivity index (χ0) is 13.7. The molecule has 0 spiro atoms. The fourth-order valence-corrected chi connectivity index (χ4v) is 2.83. The highest BCUT2D eigenvalue weighted by Crippen LogP contribution is 2.29. The summed E-state index contributed by atoms with van der Waals surface area (Å²) in [5, 5.41) is 10.3. The Kier molecular flexibility index (Phi) is 6.05. The van der Waals surface area contributed by atoms with Crippen molar-refractivity contribution in [3.63, 3.8) is 0 Å². The molecule has 4 nitrogen and oxygen atoms in total. The molecule has 0 radical (unpaired) electrons. The number of thiazole rings is 1. The van der Waals surface area contributed by atoms with E-state index in [2.05, 4.69) is 37.6 Å². The Hall–Kier alpha value is -0.650. The predicted molar refractivity (Wildman–Crippen MR) is 76.1 cm³/mol. The summed E-state index contributed by atoms with van der Waals surface area (Å²) in [6.45, 7) is 10.2. The highest BCUT2D eigenvalue weighted by atomic mass is 32.1. The maximum atomic E-state index is 9.36. The van der Waals surface area contributed by atoms with Crippen molar-refractivity contribution in [2.45, 2.75) is 47.0 Å². The number of nitrogens with zero attached hydrogens (tertiary/aromatic N) is 2. The first-order valence-electron chi connectivity index (χ1n) is 6.34. The second kappa shape index (κ2) is 7.07. The van der Waals surface area contributed by atoms with Crippen LogP contribution in [0, 0.1) is 5.92 Å². The first-order chi connectivity index (χ1) is 8.49. The number of aromatic nitrogens is 1. The van der Waals surface area contributed by atoms with Gasteiger partial charge in [0, 0.05) is 19.7 Å². The second-order valence-electron chi connectivity index (χ2n) is 5.10. The molecule has 1 aromatic rings. The van der Waals surface area contributed by atoms with E-state index in [1.54, 1.807) is 18.4 Å². The summed E-state index contributed by atoms with van der Waals surface area (Å²) in [6, 6.07) is 0.403. The maximum Gasteiger partial charge on any atom is 0.186 e. The van der Waals surface area contributed by atoms with Gasteiger partial charge in [-0.25, -0.2) is 4.98 Å². The first kappa shape index (κ1) is 15.4. The van der Waals surface area contributed by atoms with Crippen LogP contribution in [0.1, 0.15) is 38.3 Å². The normalized spacial score (nSPS) is 11.6. The lowest BCUT2D eigenvalue weighted by atomic mass is 10.2. The molecular formula is C13H24N2O2S. The fourth-order valence-electron chi connectivity index (χ4n) is 1.77. The molecule has 0 aromatic carbocycles. The minimum Gasteiger partial charge on any atom is -0.391 e. The topological polar surface area (TPSA) is 45.6 Å². The van der Waals surface area contributed by atoms with Crippen LogP contribution in [0.2, 0.25) is 0 Å². The molecule has 0 aliphatic rings. The van der Waals surface area contributed by atoms with E-state index in [0.717, 1.165) is 22.2 Å². The monoisotopic (exact) mass is 272 g/mol. The van der Waals surface area contributed by atoms with Gasteiger partial charge in [0.25, 0.3) is 0 Å². The quantitative estimate of drug-likeness (QED) is 0.829. The summed E-state index contributed by atoms with van der Waals surface area (Å²) in [5.41, 5.74) is 0.856. The summed E-state index contributed by atoms with van der Waals surface area (Å²) in [4.78, 5) is 7.79. The number of methoxy groups -OCH3 is 1. The van der Waals surface area contributed by atoms with Gasteiger partial charge in [-0.2, -0.15) is 0 Å². The number of hydrogen-bond donors (Lipinski definition) is 1. The number of rotatable bonds is 7. The van der Waals surface area contributed by atoms with E-state index in [-0.39, 0.29) is 6.61 Å². The fraction of sp³-hybridized carbons (Fsp3) is 0.769. The van der Waals surface area contributed by atoms with Crippen LogP contribution in [0.4, 0.5) is 5.13 Å². The van der Waals surface area contributed by atoms with Crippen molar-refractivity contribution in [1.29, 1.82) is 0 Å². The SMILES string of the molecule is COCc1nc(N(CC(C)C)C(C)C)sc1CO. The Morgan fingerprint density at radius 2 is 2.00 bits per heavy atom. The predicted octanol–water partition coefficient (Wildman–Crippen LogP) is 2.65. The summed E-state index contributed by atoms with van der Waals surface area (Å²) in [7, 11) is 1.65. The minimum atomic E-state index is 0.0317. The van der Waals surface area contributed by atoms with Crippen LogP contribution in [0.3, 0.4) is 0 Å².